The van der Waals surface area contributed by atoms with Crippen molar-refractivity contribution in [2.24, 2.45) is 0 Å². The first-order chi connectivity index (χ1) is 19.8. The maximum Gasteiger partial charge on any atom is 0.335 e. The second kappa shape index (κ2) is 11.6. The summed E-state index contributed by atoms with van der Waals surface area (Å²) in [6.07, 6.45) is 0.388. The van der Waals surface area contributed by atoms with Crippen LogP contribution in [-0.2, 0) is 13.0 Å². The van der Waals surface area contributed by atoms with Gasteiger partial charge in [0.05, 0.1) is 17.1 Å². The lowest BCUT2D eigenvalue weighted by molar-refractivity contribution is 0.0697. The summed E-state index contributed by atoms with van der Waals surface area (Å²) in [5.74, 6) is -3.85. The van der Waals surface area contributed by atoms with Gasteiger partial charge in [-0.2, -0.15) is 5.26 Å². The summed E-state index contributed by atoms with van der Waals surface area (Å²) in [7, 11) is 0. The minimum Gasteiger partial charge on any atom is -0.488 e. The number of fused-ring (bicyclic) bond motifs is 1. The van der Waals surface area contributed by atoms with Crippen molar-refractivity contribution in [3.8, 4) is 17.5 Å². The molecular formula is C33H25F3N2O3. The van der Waals surface area contributed by atoms with Crippen molar-refractivity contribution in [2.45, 2.75) is 32.3 Å². The Morgan fingerprint density at radius 1 is 0.951 bits per heavy atom. The Kier molecular flexibility index (Phi) is 7.79. The van der Waals surface area contributed by atoms with Crippen LogP contribution in [0.3, 0.4) is 0 Å². The molecule has 0 aliphatic heterocycles. The summed E-state index contributed by atoms with van der Waals surface area (Å²) in [5, 5.41) is 19.5. The van der Waals surface area contributed by atoms with Crippen molar-refractivity contribution in [3.63, 3.8) is 0 Å². The fourth-order valence-corrected chi connectivity index (χ4v) is 5.09. The second-order valence-electron chi connectivity index (χ2n) is 9.81. The van der Waals surface area contributed by atoms with E-state index < -0.39 is 23.4 Å². The summed E-state index contributed by atoms with van der Waals surface area (Å²) in [4.78, 5) is 11.4. The van der Waals surface area contributed by atoms with Gasteiger partial charge in [0.15, 0.2) is 11.6 Å². The van der Waals surface area contributed by atoms with Crippen molar-refractivity contribution >= 4 is 16.9 Å². The van der Waals surface area contributed by atoms with Crippen molar-refractivity contribution in [2.75, 3.05) is 0 Å². The number of nitrogens with zero attached hydrogens (tertiary/aromatic N) is 2. The molecule has 1 aromatic heterocycles. The quantitative estimate of drug-likeness (QED) is 0.201. The number of hydrogen-bond acceptors (Lipinski definition) is 3. The van der Waals surface area contributed by atoms with Crippen LogP contribution in [0.5, 0.6) is 5.75 Å². The maximum atomic E-state index is 15.2. The van der Waals surface area contributed by atoms with E-state index >= 15 is 4.39 Å². The van der Waals surface area contributed by atoms with Gasteiger partial charge in [0.2, 0.25) is 0 Å². The van der Waals surface area contributed by atoms with E-state index in [0.29, 0.717) is 22.2 Å². The predicted octanol–water partition coefficient (Wildman–Crippen LogP) is 7.93. The molecule has 0 saturated heterocycles. The molecule has 1 heterocycles. The lowest BCUT2D eigenvalue weighted by atomic mass is 9.94. The Hall–Kier alpha value is -5.03. The number of carboxylic acids is 1. The largest absolute Gasteiger partial charge is 0.488 e. The van der Waals surface area contributed by atoms with Gasteiger partial charge in [-0.25, -0.2) is 18.0 Å². The third-order valence-electron chi connectivity index (χ3n) is 6.98. The Bertz CT molecular complexity index is 1770. The summed E-state index contributed by atoms with van der Waals surface area (Å²) in [5.41, 5.74) is 3.72. The van der Waals surface area contributed by atoms with Crippen LogP contribution in [0.4, 0.5) is 13.2 Å². The molecule has 0 saturated carbocycles. The highest BCUT2D eigenvalue weighted by Crippen LogP contribution is 2.42. The van der Waals surface area contributed by atoms with E-state index in [1.54, 1.807) is 16.7 Å². The number of halogens is 3. The van der Waals surface area contributed by atoms with Crippen LogP contribution in [-0.4, -0.2) is 15.6 Å². The monoisotopic (exact) mass is 554 g/mol. The lowest BCUT2D eigenvalue weighted by Gasteiger charge is -2.17. The van der Waals surface area contributed by atoms with Gasteiger partial charge >= 0.3 is 5.97 Å². The van der Waals surface area contributed by atoms with E-state index in [1.807, 2.05) is 37.3 Å². The zero-order valence-electron chi connectivity index (χ0n) is 22.1. The Balaban J connectivity index is 1.78. The zero-order chi connectivity index (χ0) is 29.1. The van der Waals surface area contributed by atoms with Gasteiger partial charge in [0, 0.05) is 41.2 Å². The number of ether oxygens (including phenoxy) is 1. The summed E-state index contributed by atoms with van der Waals surface area (Å²) in [6.45, 7) is 2.00. The molecule has 4 aromatic carbocycles. The predicted molar refractivity (Wildman–Crippen MR) is 149 cm³/mol. The van der Waals surface area contributed by atoms with Crippen LogP contribution in [0, 0.1) is 28.8 Å². The van der Waals surface area contributed by atoms with Crippen LogP contribution >= 0.6 is 0 Å². The standard InChI is InChI=1S/C33H25F3N2O3/c1-20(13-14-37)32-26(15-21-7-9-23(10-8-21)33(39)40)31-29(38(32)25-11-12-27(35)28(36)18-25)16-24(34)17-30(31)41-19-22-5-3-2-4-6-22/h2-12,16-18,20H,13,15,19H2,1H3,(H,39,40). The smallest absolute Gasteiger partial charge is 0.335 e. The summed E-state index contributed by atoms with van der Waals surface area (Å²) in [6, 6.07) is 24.0. The van der Waals surface area contributed by atoms with Gasteiger partial charge in [-0.05, 0) is 53.4 Å². The van der Waals surface area contributed by atoms with Gasteiger partial charge in [-0.15, -0.1) is 0 Å². The first kappa shape index (κ1) is 27.5. The molecule has 5 rings (SSSR count). The highest BCUT2D eigenvalue weighted by molar-refractivity contribution is 5.93. The van der Waals surface area contributed by atoms with E-state index in [0.717, 1.165) is 23.3 Å². The Morgan fingerprint density at radius 2 is 1.68 bits per heavy atom. The summed E-state index contributed by atoms with van der Waals surface area (Å²) < 4.78 is 51.4. The van der Waals surface area contributed by atoms with Gasteiger partial charge < -0.3 is 14.4 Å². The average Bonchev–Trinajstić information content (AvgIpc) is 3.27. The fraction of sp³-hybridized carbons (Fsp3) is 0.152. The molecule has 0 spiro atoms. The molecule has 1 unspecified atom stereocenters. The van der Waals surface area contributed by atoms with Crippen molar-refractivity contribution < 1.29 is 27.8 Å². The molecule has 206 valence electrons. The third-order valence-corrected chi connectivity index (χ3v) is 6.98. The van der Waals surface area contributed by atoms with Crippen LogP contribution < -0.4 is 4.74 Å². The number of hydrogen-bond donors (Lipinski definition) is 1. The van der Waals surface area contributed by atoms with Crippen molar-refractivity contribution in [1.82, 2.24) is 4.57 Å². The first-order valence-corrected chi connectivity index (χ1v) is 12.9. The first-order valence-electron chi connectivity index (χ1n) is 12.9. The lowest BCUT2D eigenvalue weighted by Crippen LogP contribution is -2.07. The highest BCUT2D eigenvalue weighted by Gasteiger charge is 2.27. The number of rotatable bonds is 9. The number of benzene rings is 4. The highest BCUT2D eigenvalue weighted by atomic mass is 19.2. The van der Waals surface area contributed by atoms with E-state index in [4.69, 9.17) is 4.74 Å². The number of aromatic nitrogens is 1. The molecule has 5 nitrogen and oxygen atoms in total. The van der Waals surface area contributed by atoms with Gasteiger partial charge in [0.1, 0.15) is 18.2 Å². The van der Waals surface area contributed by atoms with Crippen LogP contribution in [0.2, 0.25) is 0 Å². The molecular weight excluding hydrogens is 529 g/mol. The molecule has 1 N–H and O–H groups in total. The molecule has 0 fully saturated rings. The van der Waals surface area contributed by atoms with Crippen molar-refractivity contribution in [1.29, 1.82) is 5.26 Å². The van der Waals surface area contributed by atoms with Crippen LogP contribution in [0.15, 0.2) is 84.9 Å². The molecule has 5 aromatic rings. The Morgan fingerprint density at radius 3 is 2.34 bits per heavy atom. The van der Waals surface area contributed by atoms with Gasteiger partial charge in [-0.3, -0.25) is 0 Å². The fourth-order valence-electron chi connectivity index (χ4n) is 5.09. The zero-order valence-corrected chi connectivity index (χ0v) is 22.1. The molecule has 0 bridgehead atoms. The molecule has 8 heteroatoms. The molecule has 41 heavy (non-hydrogen) atoms. The second-order valence-corrected chi connectivity index (χ2v) is 9.81. The SMILES string of the molecule is CC(CC#N)c1c(Cc2ccc(C(=O)O)cc2)c2c(OCc3ccccc3)cc(F)cc2n1-c1ccc(F)c(F)c1. The van der Waals surface area contributed by atoms with Crippen LogP contribution in [0.25, 0.3) is 16.6 Å². The number of nitriles is 1. The summed E-state index contributed by atoms with van der Waals surface area (Å²) >= 11 is 0. The molecule has 0 aliphatic carbocycles. The number of carboxylic acid groups (broad SMARTS) is 1. The minimum atomic E-state index is -1.06. The van der Waals surface area contributed by atoms with E-state index in [1.165, 1.54) is 30.3 Å². The normalized spacial score (nSPS) is 11.8. The average molecular weight is 555 g/mol. The molecule has 0 radical (unpaired) electrons. The topological polar surface area (TPSA) is 75.2 Å². The van der Waals surface area contributed by atoms with E-state index in [-0.39, 0.29) is 42.4 Å². The van der Waals surface area contributed by atoms with Gasteiger partial charge in [0.25, 0.3) is 0 Å². The van der Waals surface area contributed by atoms with E-state index in [9.17, 15) is 23.9 Å². The molecule has 1 atom stereocenters. The van der Waals surface area contributed by atoms with Gasteiger partial charge in [-0.1, -0.05) is 49.4 Å². The minimum absolute atomic E-state index is 0.105. The van der Waals surface area contributed by atoms with Crippen molar-refractivity contribution in [3.05, 3.63) is 130 Å². The van der Waals surface area contributed by atoms with Crippen LogP contribution in [0.1, 0.15) is 52.0 Å². The number of carbonyl (C=O) groups is 1. The molecule has 0 aliphatic rings. The third kappa shape index (κ3) is 5.66. The number of aromatic carboxylic acids is 1. The molecule has 0 amide bonds. The van der Waals surface area contributed by atoms with E-state index in [2.05, 4.69) is 6.07 Å². The Labute approximate surface area is 234 Å². The maximum absolute atomic E-state index is 15.2.